The minimum Gasteiger partial charge on any atom is -0.316 e. The second kappa shape index (κ2) is 5.54. The van der Waals surface area contributed by atoms with Gasteiger partial charge in [0.2, 0.25) is 0 Å². The zero-order valence-corrected chi connectivity index (χ0v) is 11.2. The van der Waals surface area contributed by atoms with Crippen LogP contribution in [0.5, 0.6) is 0 Å². The molecule has 2 nitrogen and oxygen atoms in total. The van der Waals surface area contributed by atoms with Crippen molar-refractivity contribution >= 4 is 7.37 Å². The summed E-state index contributed by atoms with van der Waals surface area (Å²) in [5, 5.41) is 0. The largest absolute Gasteiger partial charge is 0.415 e. The second-order valence-corrected chi connectivity index (χ2v) is 7.64. The van der Waals surface area contributed by atoms with Gasteiger partial charge in [0.15, 0.2) is 13.5 Å². The highest BCUT2D eigenvalue weighted by molar-refractivity contribution is 7.57. The van der Waals surface area contributed by atoms with Crippen LogP contribution in [0.3, 0.4) is 0 Å². The van der Waals surface area contributed by atoms with Crippen molar-refractivity contribution in [3.8, 4) is 0 Å². The first-order valence-electron chi connectivity index (χ1n) is 5.23. The fourth-order valence-corrected chi connectivity index (χ4v) is 2.50. The minimum absolute atomic E-state index is 0.150. The average molecular weight is 260 g/mol. The van der Waals surface area contributed by atoms with Crippen LogP contribution in [0.25, 0.3) is 0 Å². The molecule has 2 atom stereocenters. The van der Waals surface area contributed by atoms with Gasteiger partial charge in [-0.25, -0.2) is 0 Å². The molecule has 0 aliphatic heterocycles. The topological polar surface area (TPSA) is 26.3 Å². The van der Waals surface area contributed by atoms with Crippen molar-refractivity contribution in [3.63, 3.8) is 0 Å². The molecule has 0 heterocycles. The van der Waals surface area contributed by atoms with Crippen LogP contribution < -0.4 is 0 Å². The van der Waals surface area contributed by atoms with Gasteiger partial charge >= 0.3 is 6.18 Å². The number of alkyl halides is 3. The van der Waals surface area contributed by atoms with Gasteiger partial charge in [-0.3, -0.25) is 4.57 Å². The van der Waals surface area contributed by atoms with Gasteiger partial charge in [-0.1, -0.05) is 20.8 Å². The lowest BCUT2D eigenvalue weighted by Gasteiger charge is -2.28. The van der Waals surface area contributed by atoms with E-state index in [9.17, 15) is 17.7 Å². The third kappa shape index (κ3) is 6.54. The van der Waals surface area contributed by atoms with Crippen molar-refractivity contribution in [3.05, 3.63) is 0 Å². The molecule has 16 heavy (non-hydrogen) atoms. The molecule has 0 saturated heterocycles. The average Bonchev–Trinajstić information content (AvgIpc) is 1.94. The van der Waals surface area contributed by atoms with Crippen LogP contribution in [0, 0.1) is 11.8 Å². The Labute approximate surface area is 95.0 Å². The van der Waals surface area contributed by atoms with Gasteiger partial charge in [0.25, 0.3) is 0 Å². The molecule has 1 unspecified atom stereocenters. The molecule has 0 spiro atoms. The Morgan fingerprint density at radius 2 is 1.62 bits per heavy atom. The Hall–Kier alpha value is -0.0200. The third-order valence-corrected chi connectivity index (χ3v) is 2.78. The van der Waals surface area contributed by atoms with Crippen molar-refractivity contribution in [2.24, 2.45) is 11.8 Å². The summed E-state index contributed by atoms with van der Waals surface area (Å²) >= 11 is 0. The Morgan fingerprint density at radius 3 is 1.88 bits per heavy atom. The lowest BCUT2D eigenvalue weighted by molar-refractivity contribution is -0.209. The van der Waals surface area contributed by atoms with E-state index < -0.39 is 25.6 Å². The normalized spacial score (nSPS) is 17.6. The quantitative estimate of drug-likeness (QED) is 0.694. The van der Waals surface area contributed by atoms with Gasteiger partial charge in [0.1, 0.15) is 0 Å². The summed E-state index contributed by atoms with van der Waals surface area (Å²) < 4.78 is 54.2. The second-order valence-electron chi connectivity index (χ2n) is 4.93. The molecule has 0 N–H and O–H groups in total. The molecule has 98 valence electrons. The maximum Gasteiger partial charge on any atom is 0.415 e. The summed E-state index contributed by atoms with van der Waals surface area (Å²) in [6.45, 7) is 7.58. The van der Waals surface area contributed by atoms with Gasteiger partial charge in [-0.05, 0) is 18.3 Å². The number of hydrogen-bond acceptors (Lipinski definition) is 2. The van der Waals surface area contributed by atoms with Crippen LogP contribution in [0.2, 0.25) is 0 Å². The van der Waals surface area contributed by atoms with Crippen molar-refractivity contribution in [1.82, 2.24) is 0 Å². The molecular formula is C10H20F3O2P. The maximum absolute atomic E-state index is 12.7. The minimum atomic E-state index is -4.46. The van der Waals surface area contributed by atoms with E-state index in [2.05, 4.69) is 0 Å². The Balaban J connectivity index is 4.75. The first-order valence-corrected chi connectivity index (χ1v) is 7.75. The highest BCUT2D eigenvalue weighted by atomic mass is 31.2. The van der Waals surface area contributed by atoms with E-state index in [-0.39, 0.29) is 5.92 Å². The zero-order valence-electron chi connectivity index (χ0n) is 10.3. The van der Waals surface area contributed by atoms with Gasteiger partial charge in [0, 0.05) is 13.3 Å². The molecule has 0 rings (SSSR count). The van der Waals surface area contributed by atoms with E-state index in [1.807, 2.05) is 13.8 Å². The summed E-state index contributed by atoms with van der Waals surface area (Å²) in [4.78, 5) is 0. The molecular weight excluding hydrogens is 240 g/mol. The smallest absolute Gasteiger partial charge is 0.316 e. The van der Waals surface area contributed by atoms with Crippen molar-refractivity contribution in [2.45, 2.75) is 39.5 Å². The number of hydrogen-bond donors (Lipinski definition) is 0. The predicted molar refractivity (Wildman–Crippen MR) is 59.0 cm³/mol. The fourth-order valence-electron chi connectivity index (χ4n) is 1.63. The first-order chi connectivity index (χ1) is 6.93. The fraction of sp³-hybridized carbons (Fsp3) is 1.00. The van der Waals surface area contributed by atoms with Crippen LogP contribution >= 0.6 is 7.37 Å². The van der Waals surface area contributed by atoms with Crippen LogP contribution in [0.15, 0.2) is 0 Å². The molecule has 0 aromatic carbocycles. The number of rotatable bonds is 5. The monoisotopic (exact) mass is 260 g/mol. The van der Waals surface area contributed by atoms with Crippen molar-refractivity contribution in [2.75, 3.05) is 13.3 Å². The van der Waals surface area contributed by atoms with Gasteiger partial charge in [-0.2, -0.15) is 13.2 Å². The zero-order chi connectivity index (χ0) is 13.1. The molecule has 0 saturated carbocycles. The van der Waals surface area contributed by atoms with Gasteiger partial charge in [0.05, 0.1) is 0 Å². The molecule has 0 aliphatic rings. The molecule has 0 aliphatic carbocycles. The molecule has 0 bridgehead atoms. The third-order valence-electron chi connectivity index (χ3n) is 2.05. The molecule has 0 aromatic rings. The van der Waals surface area contributed by atoms with Gasteiger partial charge < -0.3 is 4.52 Å². The predicted octanol–water partition coefficient (Wildman–Crippen LogP) is 4.15. The number of halogens is 3. The SMILES string of the molecule is CC(C)C[C@H](C)C(OP(C)(C)=O)C(F)(F)F. The first kappa shape index (κ1) is 16.0. The summed E-state index contributed by atoms with van der Waals surface area (Å²) in [5.41, 5.74) is 0. The highest BCUT2D eigenvalue weighted by Gasteiger charge is 2.46. The molecule has 0 amide bonds. The van der Waals surface area contributed by atoms with E-state index >= 15 is 0 Å². The summed E-state index contributed by atoms with van der Waals surface area (Å²) in [6, 6.07) is 0. The molecule has 6 heteroatoms. The summed E-state index contributed by atoms with van der Waals surface area (Å²) in [6.07, 6.45) is -6.00. The van der Waals surface area contributed by atoms with Gasteiger partial charge in [-0.15, -0.1) is 0 Å². The lowest BCUT2D eigenvalue weighted by atomic mass is 9.94. The Morgan fingerprint density at radius 1 is 1.19 bits per heavy atom. The van der Waals surface area contributed by atoms with E-state index in [1.165, 1.54) is 20.3 Å². The highest BCUT2D eigenvalue weighted by Crippen LogP contribution is 2.45. The maximum atomic E-state index is 12.7. The standard InChI is InChI=1S/C10H20F3O2P/c1-7(2)6-8(3)9(10(11,12)13)15-16(4,5)14/h7-9H,6H2,1-5H3/t8-,9?/m0/s1. The molecule has 0 fully saturated rings. The summed E-state index contributed by atoms with van der Waals surface area (Å²) in [7, 11) is -3.14. The van der Waals surface area contributed by atoms with Crippen LogP contribution in [-0.2, 0) is 9.09 Å². The van der Waals surface area contributed by atoms with Crippen molar-refractivity contribution < 1.29 is 22.3 Å². The molecule has 0 aromatic heterocycles. The Bertz CT molecular complexity index is 257. The van der Waals surface area contributed by atoms with Crippen LogP contribution in [-0.4, -0.2) is 25.6 Å². The van der Waals surface area contributed by atoms with E-state index in [1.54, 1.807) is 0 Å². The lowest BCUT2D eigenvalue weighted by Crippen LogP contribution is -2.37. The van der Waals surface area contributed by atoms with E-state index in [0.717, 1.165) is 0 Å². The Kier molecular flexibility index (Phi) is 5.54. The van der Waals surface area contributed by atoms with Crippen LogP contribution in [0.4, 0.5) is 13.2 Å². The molecule has 0 radical (unpaired) electrons. The van der Waals surface area contributed by atoms with E-state index in [4.69, 9.17) is 4.52 Å². The van der Waals surface area contributed by atoms with E-state index in [0.29, 0.717) is 6.42 Å². The van der Waals surface area contributed by atoms with Crippen LogP contribution in [0.1, 0.15) is 27.2 Å². The summed E-state index contributed by atoms with van der Waals surface area (Å²) in [5.74, 6) is -0.537. The van der Waals surface area contributed by atoms with Crippen molar-refractivity contribution in [1.29, 1.82) is 0 Å².